The van der Waals surface area contributed by atoms with E-state index >= 15 is 0 Å². The highest BCUT2D eigenvalue weighted by Crippen LogP contribution is 2.39. The van der Waals surface area contributed by atoms with Crippen molar-refractivity contribution in [3.05, 3.63) is 95.3 Å². The van der Waals surface area contributed by atoms with Crippen molar-refractivity contribution in [1.82, 2.24) is 10.2 Å². The average molecular weight is 513 g/mol. The van der Waals surface area contributed by atoms with Crippen molar-refractivity contribution < 1.29 is 32.6 Å². The number of ether oxygens (including phenoxy) is 1. The van der Waals surface area contributed by atoms with E-state index in [-0.39, 0.29) is 24.6 Å². The summed E-state index contributed by atoms with van der Waals surface area (Å²) in [5, 5.41) is 11.5. The molecule has 37 heavy (non-hydrogen) atoms. The van der Waals surface area contributed by atoms with Crippen molar-refractivity contribution in [2.75, 3.05) is 19.7 Å². The Hall–Kier alpha value is -3.85. The molecule has 0 radical (unpaired) electrons. The number of rotatable bonds is 8. The lowest BCUT2D eigenvalue weighted by Gasteiger charge is -2.43. The number of halogens is 3. The molecule has 0 spiro atoms. The van der Waals surface area contributed by atoms with Crippen LogP contribution in [0.3, 0.4) is 0 Å². The minimum absolute atomic E-state index is 0.154. The lowest BCUT2D eigenvalue weighted by atomic mass is 9.85. The molecule has 6 nitrogen and oxygen atoms in total. The monoisotopic (exact) mass is 512 g/mol. The molecule has 2 atom stereocenters. The quantitative estimate of drug-likeness (QED) is 0.442. The molecule has 0 aromatic heterocycles. The highest BCUT2D eigenvalue weighted by Gasteiger charge is 2.43. The van der Waals surface area contributed by atoms with Gasteiger partial charge in [0.25, 0.3) is 0 Å². The molecule has 2 N–H and O–H groups in total. The van der Waals surface area contributed by atoms with E-state index in [1.54, 1.807) is 41.3 Å². The lowest BCUT2D eigenvalue weighted by molar-refractivity contribution is -0.124. The van der Waals surface area contributed by atoms with Crippen molar-refractivity contribution in [3.63, 3.8) is 0 Å². The van der Waals surface area contributed by atoms with Crippen LogP contribution in [-0.4, -0.2) is 41.7 Å². The first kappa shape index (κ1) is 26.2. The van der Waals surface area contributed by atoms with Crippen LogP contribution in [0.1, 0.15) is 36.9 Å². The van der Waals surface area contributed by atoms with Gasteiger partial charge in [-0.2, -0.15) is 0 Å². The first-order chi connectivity index (χ1) is 17.7. The molecule has 0 saturated carbocycles. The van der Waals surface area contributed by atoms with Crippen LogP contribution in [0.5, 0.6) is 0 Å². The van der Waals surface area contributed by atoms with Crippen LogP contribution >= 0.6 is 0 Å². The third-order valence-electron chi connectivity index (χ3n) is 6.74. The molecule has 3 aromatic carbocycles. The standard InChI is InChI=1S/C28H27F3N2O4/c1-18(19-2-4-20(5-3-19)24-11-10-23(30)16-25(24)31)33-15-13-28(37-27(33)36,12-14-32-26(35)17-34)21-6-8-22(29)9-7-21/h2-11,16,18,34H,12-15,17H2,1H3,(H,32,35)/t18-,28+/m0/s1. The van der Waals surface area contributed by atoms with Crippen molar-refractivity contribution in [2.45, 2.75) is 31.4 Å². The maximum atomic E-state index is 14.2. The van der Waals surface area contributed by atoms with Gasteiger partial charge in [0.2, 0.25) is 5.91 Å². The fraction of sp³-hybridized carbons (Fsp3) is 0.286. The van der Waals surface area contributed by atoms with Gasteiger partial charge in [-0.3, -0.25) is 4.79 Å². The molecule has 1 fully saturated rings. The highest BCUT2D eigenvalue weighted by atomic mass is 19.1. The summed E-state index contributed by atoms with van der Waals surface area (Å²) in [6.07, 6.45) is 0.0731. The average Bonchev–Trinajstić information content (AvgIpc) is 2.89. The van der Waals surface area contributed by atoms with Gasteiger partial charge in [-0.1, -0.05) is 36.4 Å². The Bertz CT molecular complexity index is 1270. The number of amides is 2. The van der Waals surface area contributed by atoms with Gasteiger partial charge in [0, 0.05) is 37.6 Å². The highest BCUT2D eigenvalue weighted by molar-refractivity contribution is 5.76. The fourth-order valence-electron chi connectivity index (χ4n) is 4.60. The van der Waals surface area contributed by atoms with Crippen LogP contribution in [-0.2, 0) is 15.1 Å². The number of nitrogens with zero attached hydrogens (tertiary/aromatic N) is 1. The third-order valence-corrected chi connectivity index (χ3v) is 6.74. The van der Waals surface area contributed by atoms with Crippen LogP contribution in [0.2, 0.25) is 0 Å². The molecule has 1 aliphatic heterocycles. The van der Waals surface area contributed by atoms with Gasteiger partial charge in [-0.05, 0) is 47.9 Å². The molecule has 4 rings (SSSR count). The zero-order valence-corrected chi connectivity index (χ0v) is 20.2. The van der Waals surface area contributed by atoms with E-state index in [9.17, 15) is 22.8 Å². The summed E-state index contributed by atoms with van der Waals surface area (Å²) in [7, 11) is 0. The Morgan fingerprint density at radius 2 is 1.73 bits per heavy atom. The smallest absolute Gasteiger partial charge is 0.411 e. The van der Waals surface area contributed by atoms with Crippen molar-refractivity contribution >= 4 is 12.0 Å². The summed E-state index contributed by atoms with van der Waals surface area (Å²) in [5.41, 5.74) is 1.18. The summed E-state index contributed by atoms with van der Waals surface area (Å²) in [4.78, 5) is 26.3. The van der Waals surface area contributed by atoms with Crippen LogP contribution in [0, 0.1) is 17.5 Å². The number of carbonyl (C=O) groups is 2. The molecule has 1 aliphatic rings. The fourth-order valence-corrected chi connectivity index (χ4v) is 4.60. The molecule has 9 heteroatoms. The second kappa shape index (κ2) is 11.0. The molecule has 0 unspecified atom stereocenters. The number of hydrogen-bond donors (Lipinski definition) is 2. The number of hydrogen-bond acceptors (Lipinski definition) is 4. The number of cyclic esters (lactones) is 1. The van der Waals surface area contributed by atoms with Crippen LogP contribution in [0.15, 0.2) is 66.7 Å². The van der Waals surface area contributed by atoms with Gasteiger partial charge in [0.15, 0.2) is 0 Å². The second-order valence-corrected chi connectivity index (χ2v) is 8.99. The molecule has 3 aromatic rings. The first-order valence-corrected chi connectivity index (χ1v) is 11.9. The van der Waals surface area contributed by atoms with E-state index in [4.69, 9.17) is 9.84 Å². The van der Waals surface area contributed by atoms with Gasteiger partial charge >= 0.3 is 6.09 Å². The molecule has 1 heterocycles. The SMILES string of the molecule is C[C@@H](c1ccc(-c2ccc(F)cc2F)cc1)N1CC[C@](CCNC(=O)CO)(c2ccc(F)cc2)OC1=O. The van der Waals surface area contributed by atoms with E-state index < -0.39 is 41.7 Å². The van der Waals surface area contributed by atoms with Gasteiger partial charge in [0.1, 0.15) is 29.7 Å². The summed E-state index contributed by atoms with van der Waals surface area (Å²) in [5.74, 6) is -2.28. The number of benzene rings is 3. The molecule has 2 amide bonds. The number of carbonyl (C=O) groups excluding carboxylic acids is 2. The normalized spacial score (nSPS) is 18.3. The number of aliphatic hydroxyl groups excluding tert-OH is 1. The van der Waals surface area contributed by atoms with Crippen molar-refractivity contribution in [3.8, 4) is 11.1 Å². The minimum Gasteiger partial charge on any atom is -0.438 e. The van der Waals surface area contributed by atoms with Crippen LogP contribution in [0.25, 0.3) is 11.1 Å². The first-order valence-electron chi connectivity index (χ1n) is 11.9. The maximum absolute atomic E-state index is 14.2. The van der Waals surface area contributed by atoms with E-state index in [1.807, 2.05) is 6.92 Å². The number of nitrogens with one attached hydrogen (secondary N) is 1. The zero-order valence-electron chi connectivity index (χ0n) is 20.2. The Kier molecular flexibility index (Phi) is 7.83. The van der Waals surface area contributed by atoms with E-state index in [1.165, 1.54) is 24.3 Å². The molecule has 194 valence electrons. The lowest BCUT2D eigenvalue weighted by Crippen LogP contribution is -2.50. The van der Waals surface area contributed by atoms with Gasteiger partial charge < -0.3 is 20.1 Å². The summed E-state index contributed by atoms with van der Waals surface area (Å²) in [6, 6.07) is 15.7. The summed E-state index contributed by atoms with van der Waals surface area (Å²) in [6.45, 7) is 1.68. The summed E-state index contributed by atoms with van der Waals surface area (Å²) >= 11 is 0. The molecule has 0 aliphatic carbocycles. The second-order valence-electron chi connectivity index (χ2n) is 8.99. The topological polar surface area (TPSA) is 78.9 Å². The summed E-state index contributed by atoms with van der Waals surface area (Å²) < 4.78 is 46.9. The maximum Gasteiger partial charge on any atom is 0.411 e. The van der Waals surface area contributed by atoms with Crippen molar-refractivity contribution in [2.24, 2.45) is 0 Å². The minimum atomic E-state index is -1.08. The third kappa shape index (κ3) is 5.77. The largest absolute Gasteiger partial charge is 0.438 e. The Morgan fingerprint density at radius 3 is 2.35 bits per heavy atom. The van der Waals surface area contributed by atoms with Crippen LogP contribution in [0.4, 0.5) is 18.0 Å². The predicted molar refractivity (Wildman–Crippen MR) is 131 cm³/mol. The van der Waals surface area contributed by atoms with E-state index in [0.717, 1.165) is 11.6 Å². The Morgan fingerprint density at radius 1 is 1.05 bits per heavy atom. The Labute approximate surface area is 212 Å². The molecular formula is C28H27F3N2O4. The van der Waals surface area contributed by atoms with Crippen LogP contribution < -0.4 is 5.32 Å². The van der Waals surface area contributed by atoms with Gasteiger partial charge in [0.05, 0.1) is 6.04 Å². The molecule has 1 saturated heterocycles. The number of aliphatic hydroxyl groups is 1. The van der Waals surface area contributed by atoms with E-state index in [2.05, 4.69) is 5.32 Å². The predicted octanol–water partition coefficient (Wildman–Crippen LogP) is 5.07. The Balaban J connectivity index is 1.51. The van der Waals surface area contributed by atoms with Gasteiger partial charge in [-0.15, -0.1) is 0 Å². The zero-order chi connectivity index (χ0) is 26.6. The molecular weight excluding hydrogens is 485 g/mol. The van der Waals surface area contributed by atoms with Gasteiger partial charge in [-0.25, -0.2) is 18.0 Å². The molecule has 0 bridgehead atoms. The van der Waals surface area contributed by atoms with E-state index in [0.29, 0.717) is 24.1 Å². The van der Waals surface area contributed by atoms with Crippen molar-refractivity contribution in [1.29, 1.82) is 0 Å².